The van der Waals surface area contributed by atoms with Gasteiger partial charge < -0.3 is 20.3 Å². The van der Waals surface area contributed by atoms with Gasteiger partial charge in [0.05, 0.1) is 12.2 Å². The van der Waals surface area contributed by atoms with E-state index >= 15 is 0 Å². The van der Waals surface area contributed by atoms with Crippen molar-refractivity contribution in [2.24, 2.45) is 0 Å². The first-order valence-corrected chi connectivity index (χ1v) is 12.0. The fourth-order valence-corrected chi connectivity index (χ4v) is 4.84. The Labute approximate surface area is 199 Å². The minimum atomic E-state index is -0.481. The van der Waals surface area contributed by atoms with Crippen LogP contribution in [0.4, 0.5) is 26.0 Å². The second kappa shape index (κ2) is 9.58. The van der Waals surface area contributed by atoms with Crippen molar-refractivity contribution < 1.29 is 13.5 Å². The van der Waals surface area contributed by atoms with E-state index in [4.69, 9.17) is 4.74 Å². The van der Waals surface area contributed by atoms with Crippen LogP contribution in [0.3, 0.4) is 0 Å². The summed E-state index contributed by atoms with van der Waals surface area (Å²) in [6.45, 7) is 7.26. The molecule has 1 saturated heterocycles. The molecule has 0 bridgehead atoms. The van der Waals surface area contributed by atoms with Gasteiger partial charge in [-0.05, 0) is 93.2 Å². The van der Waals surface area contributed by atoms with Crippen molar-refractivity contribution in [1.29, 1.82) is 0 Å². The molecule has 1 aromatic heterocycles. The smallest absolute Gasteiger partial charge is 0.178 e. The van der Waals surface area contributed by atoms with Crippen molar-refractivity contribution in [3.63, 3.8) is 0 Å². The van der Waals surface area contributed by atoms with Gasteiger partial charge in [0.1, 0.15) is 18.2 Å². The van der Waals surface area contributed by atoms with Crippen molar-refractivity contribution in [3.8, 4) is 16.9 Å². The fourth-order valence-electron chi connectivity index (χ4n) is 4.84. The number of ether oxygens (including phenoxy) is 1. The molecular weight excluding hydrogens is 434 g/mol. The highest BCUT2D eigenvalue weighted by atomic mass is 19.1. The second-order valence-electron chi connectivity index (χ2n) is 9.26. The SMILES string of the molecule is CC(C)N1CCOc2c(F)cc(-c3cc(Nc4ccc(C5CCNCC5)cn4)ccc3F)cc21. The highest BCUT2D eigenvalue weighted by Crippen LogP contribution is 2.40. The third kappa shape index (κ3) is 4.57. The van der Waals surface area contributed by atoms with Gasteiger partial charge in [0, 0.05) is 23.5 Å². The summed E-state index contributed by atoms with van der Waals surface area (Å²) in [5, 5.41) is 6.64. The standard InChI is InChI=1S/C27H30F2N4O/c1-17(2)33-11-12-34-27-24(29)13-20(14-25(27)33)22-15-21(4-5-23(22)28)32-26-6-3-19(16-31-26)18-7-9-30-10-8-18/h3-6,13-18,30H,7-12H2,1-2H3,(H,31,32). The van der Waals surface area contributed by atoms with Crippen LogP contribution in [0.1, 0.15) is 38.2 Å². The summed E-state index contributed by atoms with van der Waals surface area (Å²) in [4.78, 5) is 6.65. The summed E-state index contributed by atoms with van der Waals surface area (Å²) < 4.78 is 35.4. The third-order valence-corrected chi connectivity index (χ3v) is 6.68. The molecule has 0 saturated carbocycles. The van der Waals surface area contributed by atoms with Crippen LogP contribution in [0.15, 0.2) is 48.7 Å². The first-order chi connectivity index (χ1) is 16.5. The lowest BCUT2D eigenvalue weighted by Crippen LogP contribution is -2.38. The molecule has 0 atom stereocenters. The fraction of sp³-hybridized carbons (Fsp3) is 0.370. The Hall–Kier alpha value is -3.19. The predicted octanol–water partition coefficient (Wildman–Crippen LogP) is 5.84. The van der Waals surface area contributed by atoms with Crippen molar-refractivity contribution in [2.45, 2.75) is 38.6 Å². The van der Waals surface area contributed by atoms with Gasteiger partial charge in [0.15, 0.2) is 11.6 Å². The van der Waals surface area contributed by atoms with Crippen LogP contribution in [-0.2, 0) is 0 Å². The van der Waals surface area contributed by atoms with Crippen molar-refractivity contribution in [3.05, 3.63) is 65.9 Å². The Morgan fingerprint density at radius 3 is 2.62 bits per heavy atom. The van der Waals surface area contributed by atoms with Gasteiger partial charge in [-0.15, -0.1) is 0 Å². The van der Waals surface area contributed by atoms with Crippen LogP contribution in [-0.4, -0.2) is 37.3 Å². The predicted molar refractivity (Wildman–Crippen MR) is 132 cm³/mol. The molecule has 0 radical (unpaired) electrons. The summed E-state index contributed by atoms with van der Waals surface area (Å²) in [5.41, 5.74) is 3.39. The van der Waals surface area contributed by atoms with Gasteiger partial charge in [-0.2, -0.15) is 0 Å². The zero-order chi connectivity index (χ0) is 23.7. The first kappa shape index (κ1) is 22.6. The van der Waals surface area contributed by atoms with Crippen LogP contribution < -0.4 is 20.3 Å². The van der Waals surface area contributed by atoms with Gasteiger partial charge in [-0.25, -0.2) is 13.8 Å². The lowest BCUT2D eigenvalue weighted by Gasteiger charge is -2.35. The minimum Gasteiger partial charge on any atom is -0.486 e. The van der Waals surface area contributed by atoms with Crippen molar-refractivity contribution >= 4 is 17.2 Å². The molecule has 3 aromatic rings. The molecule has 1 fully saturated rings. The molecule has 0 unspecified atom stereocenters. The number of halogens is 2. The largest absolute Gasteiger partial charge is 0.486 e. The van der Waals surface area contributed by atoms with E-state index in [1.54, 1.807) is 12.1 Å². The van der Waals surface area contributed by atoms with Gasteiger partial charge in [-0.3, -0.25) is 0 Å². The van der Waals surface area contributed by atoms with E-state index < -0.39 is 11.6 Å². The Morgan fingerprint density at radius 2 is 1.88 bits per heavy atom. The van der Waals surface area contributed by atoms with Crippen LogP contribution in [0.5, 0.6) is 5.75 Å². The highest BCUT2D eigenvalue weighted by molar-refractivity contribution is 5.77. The number of benzene rings is 2. The Kier molecular flexibility index (Phi) is 6.37. The molecule has 2 aliphatic rings. The van der Waals surface area contributed by atoms with E-state index in [9.17, 15) is 8.78 Å². The summed E-state index contributed by atoms with van der Waals surface area (Å²) >= 11 is 0. The van der Waals surface area contributed by atoms with E-state index in [0.717, 1.165) is 25.9 Å². The Bertz CT molecular complexity index is 1160. The normalized spacial score (nSPS) is 16.3. The van der Waals surface area contributed by atoms with Crippen LogP contribution in [0.2, 0.25) is 0 Å². The minimum absolute atomic E-state index is 0.175. The highest BCUT2D eigenvalue weighted by Gasteiger charge is 2.25. The summed E-state index contributed by atoms with van der Waals surface area (Å²) in [6.07, 6.45) is 4.15. The number of hydrogen-bond donors (Lipinski definition) is 2. The molecule has 2 aromatic carbocycles. The topological polar surface area (TPSA) is 49.4 Å². The first-order valence-electron chi connectivity index (χ1n) is 12.0. The Balaban J connectivity index is 1.41. The number of piperidine rings is 1. The molecular formula is C27H30F2N4O. The van der Waals surface area contributed by atoms with E-state index in [1.807, 2.05) is 32.2 Å². The Morgan fingerprint density at radius 1 is 1.06 bits per heavy atom. The molecule has 178 valence electrons. The van der Waals surface area contributed by atoms with Gasteiger partial charge in [-0.1, -0.05) is 6.07 Å². The van der Waals surface area contributed by atoms with E-state index in [2.05, 4.69) is 26.6 Å². The third-order valence-electron chi connectivity index (χ3n) is 6.68. The lowest BCUT2D eigenvalue weighted by atomic mass is 9.91. The molecule has 7 heteroatoms. The van der Waals surface area contributed by atoms with Gasteiger partial charge >= 0.3 is 0 Å². The number of nitrogens with one attached hydrogen (secondary N) is 2. The molecule has 0 spiro atoms. The summed E-state index contributed by atoms with van der Waals surface area (Å²) in [6, 6.07) is 12.2. The number of hydrogen-bond acceptors (Lipinski definition) is 5. The maximum absolute atomic E-state index is 14.9. The van der Waals surface area contributed by atoms with E-state index in [-0.39, 0.29) is 11.8 Å². The number of anilines is 3. The van der Waals surface area contributed by atoms with Crippen molar-refractivity contribution in [2.75, 3.05) is 36.5 Å². The summed E-state index contributed by atoms with van der Waals surface area (Å²) in [7, 11) is 0. The zero-order valence-electron chi connectivity index (χ0n) is 19.6. The molecule has 0 amide bonds. The van der Waals surface area contributed by atoms with Crippen LogP contribution >= 0.6 is 0 Å². The molecule has 2 N–H and O–H groups in total. The van der Waals surface area contributed by atoms with Crippen molar-refractivity contribution in [1.82, 2.24) is 10.3 Å². The maximum atomic E-state index is 14.9. The monoisotopic (exact) mass is 464 g/mol. The molecule has 34 heavy (non-hydrogen) atoms. The van der Waals surface area contributed by atoms with E-state index in [1.165, 1.54) is 17.7 Å². The zero-order valence-corrected chi connectivity index (χ0v) is 19.6. The molecule has 0 aliphatic carbocycles. The molecule has 2 aliphatic heterocycles. The average molecular weight is 465 g/mol. The number of fused-ring (bicyclic) bond motifs is 1. The summed E-state index contributed by atoms with van der Waals surface area (Å²) in [5.74, 6) is 0.564. The van der Waals surface area contributed by atoms with Gasteiger partial charge in [0.2, 0.25) is 0 Å². The number of nitrogens with zero attached hydrogens (tertiary/aromatic N) is 2. The molecule has 3 heterocycles. The lowest BCUT2D eigenvalue weighted by molar-refractivity contribution is 0.287. The van der Waals surface area contributed by atoms with Crippen LogP contribution in [0.25, 0.3) is 11.1 Å². The average Bonchev–Trinajstić information content (AvgIpc) is 2.86. The van der Waals surface area contributed by atoms with Crippen LogP contribution in [0, 0.1) is 11.6 Å². The second-order valence-corrected chi connectivity index (χ2v) is 9.26. The van der Waals surface area contributed by atoms with Gasteiger partial charge in [0.25, 0.3) is 0 Å². The number of pyridine rings is 1. The number of rotatable bonds is 5. The number of aromatic nitrogens is 1. The maximum Gasteiger partial charge on any atom is 0.178 e. The quantitative estimate of drug-likeness (QED) is 0.497. The molecule has 5 rings (SSSR count). The molecule has 5 nitrogen and oxygen atoms in total. The van der Waals surface area contributed by atoms with E-state index in [0.29, 0.717) is 47.4 Å².